The topological polar surface area (TPSA) is 38.0 Å². The standard InChI is InChI=1S/C16H20N2/c1-13-6-5-9-15(10-13)18-16(12-17)11-14-7-3-2-4-8-14/h2-10,16,18H,11-12,17H2,1H3. The average molecular weight is 240 g/mol. The van der Waals surface area contributed by atoms with Crippen LogP contribution in [0.25, 0.3) is 0 Å². The SMILES string of the molecule is Cc1cccc(NC(CN)Cc2ccccc2)c1. The maximum Gasteiger partial charge on any atom is 0.0424 e. The Bertz CT molecular complexity index is 479. The Morgan fingerprint density at radius 3 is 2.50 bits per heavy atom. The van der Waals surface area contributed by atoms with Gasteiger partial charge in [-0.3, -0.25) is 0 Å². The van der Waals surface area contributed by atoms with E-state index >= 15 is 0 Å². The van der Waals surface area contributed by atoms with Gasteiger partial charge in [-0.2, -0.15) is 0 Å². The summed E-state index contributed by atoms with van der Waals surface area (Å²) >= 11 is 0. The fourth-order valence-electron chi connectivity index (χ4n) is 2.06. The molecule has 2 nitrogen and oxygen atoms in total. The van der Waals surface area contributed by atoms with E-state index in [-0.39, 0.29) is 6.04 Å². The van der Waals surface area contributed by atoms with Crippen molar-refractivity contribution < 1.29 is 0 Å². The lowest BCUT2D eigenvalue weighted by Crippen LogP contribution is -2.31. The summed E-state index contributed by atoms with van der Waals surface area (Å²) in [5.41, 5.74) is 9.56. The third kappa shape index (κ3) is 3.60. The lowest BCUT2D eigenvalue weighted by Gasteiger charge is -2.18. The second kappa shape index (κ2) is 6.22. The summed E-state index contributed by atoms with van der Waals surface area (Å²) < 4.78 is 0. The minimum absolute atomic E-state index is 0.272. The molecule has 0 saturated heterocycles. The molecular weight excluding hydrogens is 220 g/mol. The molecule has 0 aliphatic heterocycles. The first-order chi connectivity index (χ1) is 8.78. The first-order valence-electron chi connectivity index (χ1n) is 6.35. The number of anilines is 1. The van der Waals surface area contributed by atoms with Crippen LogP contribution in [0.2, 0.25) is 0 Å². The monoisotopic (exact) mass is 240 g/mol. The van der Waals surface area contributed by atoms with Crippen LogP contribution in [-0.2, 0) is 6.42 Å². The zero-order chi connectivity index (χ0) is 12.8. The lowest BCUT2D eigenvalue weighted by atomic mass is 10.1. The second-order valence-corrected chi connectivity index (χ2v) is 4.64. The van der Waals surface area contributed by atoms with Gasteiger partial charge in [0.2, 0.25) is 0 Å². The van der Waals surface area contributed by atoms with Crippen molar-refractivity contribution in [2.75, 3.05) is 11.9 Å². The third-order valence-corrected chi connectivity index (χ3v) is 3.00. The number of nitrogens with two attached hydrogens (primary N) is 1. The average Bonchev–Trinajstić information content (AvgIpc) is 2.39. The highest BCUT2D eigenvalue weighted by Gasteiger charge is 2.07. The van der Waals surface area contributed by atoms with Gasteiger partial charge >= 0.3 is 0 Å². The molecule has 0 aliphatic carbocycles. The normalized spacial score (nSPS) is 12.1. The predicted octanol–water partition coefficient (Wildman–Crippen LogP) is 2.98. The van der Waals surface area contributed by atoms with Crippen LogP contribution in [0.1, 0.15) is 11.1 Å². The minimum atomic E-state index is 0.272. The summed E-state index contributed by atoms with van der Waals surface area (Å²) in [5, 5.41) is 3.49. The summed E-state index contributed by atoms with van der Waals surface area (Å²) in [6.07, 6.45) is 0.950. The molecular formula is C16H20N2. The molecule has 1 unspecified atom stereocenters. The van der Waals surface area contributed by atoms with Crippen molar-refractivity contribution in [1.82, 2.24) is 0 Å². The Kier molecular flexibility index (Phi) is 4.37. The highest BCUT2D eigenvalue weighted by molar-refractivity contribution is 5.46. The lowest BCUT2D eigenvalue weighted by molar-refractivity contribution is 0.724. The maximum atomic E-state index is 5.84. The van der Waals surface area contributed by atoms with E-state index in [4.69, 9.17) is 5.73 Å². The number of aryl methyl sites for hydroxylation is 1. The van der Waals surface area contributed by atoms with E-state index in [1.54, 1.807) is 0 Å². The van der Waals surface area contributed by atoms with Gasteiger partial charge in [-0.05, 0) is 36.6 Å². The molecule has 2 aromatic carbocycles. The molecule has 2 rings (SSSR count). The fourth-order valence-corrected chi connectivity index (χ4v) is 2.06. The van der Waals surface area contributed by atoms with Crippen LogP contribution in [0.4, 0.5) is 5.69 Å². The maximum absolute atomic E-state index is 5.84. The summed E-state index contributed by atoms with van der Waals surface area (Å²) in [4.78, 5) is 0. The van der Waals surface area contributed by atoms with Crippen LogP contribution in [0.15, 0.2) is 54.6 Å². The Labute approximate surface area is 109 Å². The van der Waals surface area contributed by atoms with Crippen LogP contribution in [0.3, 0.4) is 0 Å². The molecule has 2 aromatic rings. The minimum Gasteiger partial charge on any atom is -0.381 e. The van der Waals surface area contributed by atoms with Gasteiger partial charge in [-0.25, -0.2) is 0 Å². The van der Waals surface area contributed by atoms with Crippen molar-refractivity contribution in [2.24, 2.45) is 5.73 Å². The number of hydrogen-bond acceptors (Lipinski definition) is 2. The summed E-state index contributed by atoms with van der Waals surface area (Å²) in [6, 6.07) is 19.1. The van der Waals surface area contributed by atoms with Gasteiger partial charge in [0.15, 0.2) is 0 Å². The molecule has 1 atom stereocenters. The van der Waals surface area contributed by atoms with Crippen molar-refractivity contribution in [3.05, 3.63) is 65.7 Å². The zero-order valence-electron chi connectivity index (χ0n) is 10.8. The Morgan fingerprint density at radius 2 is 1.83 bits per heavy atom. The molecule has 3 N–H and O–H groups in total. The highest BCUT2D eigenvalue weighted by Crippen LogP contribution is 2.12. The van der Waals surface area contributed by atoms with Crippen molar-refractivity contribution in [3.63, 3.8) is 0 Å². The van der Waals surface area contributed by atoms with Crippen molar-refractivity contribution >= 4 is 5.69 Å². The van der Waals surface area contributed by atoms with E-state index in [0.717, 1.165) is 12.1 Å². The smallest absolute Gasteiger partial charge is 0.0424 e. The van der Waals surface area contributed by atoms with E-state index in [0.29, 0.717) is 6.54 Å². The van der Waals surface area contributed by atoms with Gasteiger partial charge in [0.05, 0.1) is 0 Å². The number of rotatable bonds is 5. The molecule has 0 aromatic heterocycles. The first-order valence-corrected chi connectivity index (χ1v) is 6.35. The highest BCUT2D eigenvalue weighted by atomic mass is 14.9. The van der Waals surface area contributed by atoms with Crippen molar-refractivity contribution in [2.45, 2.75) is 19.4 Å². The molecule has 0 bridgehead atoms. The van der Waals surface area contributed by atoms with Gasteiger partial charge in [0.25, 0.3) is 0 Å². The fraction of sp³-hybridized carbons (Fsp3) is 0.250. The third-order valence-electron chi connectivity index (χ3n) is 3.00. The first kappa shape index (κ1) is 12.7. The zero-order valence-corrected chi connectivity index (χ0v) is 10.8. The Hall–Kier alpha value is -1.80. The predicted molar refractivity (Wildman–Crippen MR) is 77.8 cm³/mol. The number of benzene rings is 2. The largest absolute Gasteiger partial charge is 0.381 e. The molecule has 0 radical (unpaired) electrons. The van der Waals surface area contributed by atoms with E-state index < -0.39 is 0 Å². The van der Waals surface area contributed by atoms with E-state index in [9.17, 15) is 0 Å². The van der Waals surface area contributed by atoms with Gasteiger partial charge in [-0.15, -0.1) is 0 Å². The summed E-state index contributed by atoms with van der Waals surface area (Å²) in [5.74, 6) is 0. The van der Waals surface area contributed by atoms with Gasteiger partial charge in [-0.1, -0.05) is 42.5 Å². The summed E-state index contributed by atoms with van der Waals surface area (Å²) in [7, 11) is 0. The number of nitrogens with one attached hydrogen (secondary N) is 1. The molecule has 0 heterocycles. The van der Waals surface area contributed by atoms with E-state index in [1.807, 2.05) is 6.07 Å². The molecule has 0 spiro atoms. The van der Waals surface area contributed by atoms with Crippen molar-refractivity contribution in [1.29, 1.82) is 0 Å². The second-order valence-electron chi connectivity index (χ2n) is 4.64. The van der Waals surface area contributed by atoms with Crippen LogP contribution >= 0.6 is 0 Å². The molecule has 0 saturated carbocycles. The summed E-state index contributed by atoms with van der Waals surface area (Å²) in [6.45, 7) is 2.72. The number of hydrogen-bond donors (Lipinski definition) is 2. The molecule has 94 valence electrons. The Morgan fingerprint density at radius 1 is 1.06 bits per heavy atom. The van der Waals surface area contributed by atoms with Crippen LogP contribution < -0.4 is 11.1 Å². The molecule has 18 heavy (non-hydrogen) atoms. The van der Waals surface area contributed by atoms with Gasteiger partial charge in [0, 0.05) is 18.3 Å². The van der Waals surface area contributed by atoms with Crippen LogP contribution in [0, 0.1) is 6.92 Å². The van der Waals surface area contributed by atoms with Gasteiger partial charge in [0.1, 0.15) is 0 Å². The van der Waals surface area contributed by atoms with Crippen LogP contribution in [-0.4, -0.2) is 12.6 Å². The van der Waals surface area contributed by atoms with E-state index in [2.05, 4.69) is 60.8 Å². The molecule has 0 fully saturated rings. The molecule has 0 amide bonds. The quantitative estimate of drug-likeness (QED) is 0.843. The van der Waals surface area contributed by atoms with E-state index in [1.165, 1.54) is 11.1 Å². The molecule has 2 heteroatoms. The van der Waals surface area contributed by atoms with Crippen LogP contribution in [0.5, 0.6) is 0 Å². The van der Waals surface area contributed by atoms with Crippen molar-refractivity contribution in [3.8, 4) is 0 Å². The molecule has 0 aliphatic rings. The van der Waals surface area contributed by atoms with Gasteiger partial charge < -0.3 is 11.1 Å². The Balaban J connectivity index is 2.01.